The maximum absolute atomic E-state index is 12.5. The summed E-state index contributed by atoms with van der Waals surface area (Å²) in [6, 6.07) is 11.4. The number of carbonyl (C=O) groups excluding carboxylic acids is 1. The highest BCUT2D eigenvalue weighted by molar-refractivity contribution is 5.92. The number of nitrogens with zero attached hydrogens (tertiary/aromatic N) is 1. The van der Waals surface area contributed by atoms with Gasteiger partial charge in [0.2, 0.25) is 0 Å². The van der Waals surface area contributed by atoms with E-state index in [0.29, 0.717) is 24.6 Å². The van der Waals surface area contributed by atoms with Gasteiger partial charge in [0.15, 0.2) is 5.76 Å². The largest absolute Gasteiger partial charge is 0.451 e. The topological polar surface area (TPSA) is 42.7 Å². The SMILES string of the molecule is CC(C)c1cccc(-c2ccc(C(=O)N3CC[C@H](OC(F)F)C3)o2)c1. The summed E-state index contributed by atoms with van der Waals surface area (Å²) in [6.45, 7) is 1.95. The van der Waals surface area contributed by atoms with Gasteiger partial charge in [0.25, 0.3) is 5.91 Å². The van der Waals surface area contributed by atoms with E-state index in [2.05, 4.69) is 24.7 Å². The van der Waals surface area contributed by atoms with E-state index in [4.69, 9.17) is 4.42 Å². The molecule has 1 atom stereocenters. The van der Waals surface area contributed by atoms with E-state index in [0.717, 1.165) is 5.56 Å². The normalized spacial score (nSPS) is 17.7. The number of amides is 1. The Morgan fingerprint density at radius 1 is 1.28 bits per heavy atom. The Labute approximate surface area is 145 Å². The van der Waals surface area contributed by atoms with Crippen LogP contribution in [-0.2, 0) is 4.74 Å². The quantitative estimate of drug-likeness (QED) is 0.797. The number of furan rings is 1. The zero-order valence-electron chi connectivity index (χ0n) is 14.2. The second kappa shape index (κ2) is 7.35. The van der Waals surface area contributed by atoms with Crippen LogP contribution in [0, 0.1) is 0 Å². The smallest absolute Gasteiger partial charge is 0.345 e. The van der Waals surface area contributed by atoms with E-state index in [-0.39, 0.29) is 18.2 Å². The maximum Gasteiger partial charge on any atom is 0.345 e. The third kappa shape index (κ3) is 4.07. The molecule has 1 saturated heterocycles. The molecule has 0 bridgehead atoms. The molecule has 0 aliphatic carbocycles. The van der Waals surface area contributed by atoms with Crippen molar-refractivity contribution in [3.05, 3.63) is 47.7 Å². The van der Waals surface area contributed by atoms with Gasteiger partial charge in [-0.05, 0) is 36.1 Å². The highest BCUT2D eigenvalue weighted by Crippen LogP contribution is 2.27. The molecule has 25 heavy (non-hydrogen) atoms. The number of hydrogen-bond acceptors (Lipinski definition) is 3. The van der Waals surface area contributed by atoms with Crippen molar-refractivity contribution in [1.82, 2.24) is 4.90 Å². The summed E-state index contributed by atoms with van der Waals surface area (Å²) in [5.41, 5.74) is 2.10. The van der Waals surface area contributed by atoms with Crippen LogP contribution in [0.25, 0.3) is 11.3 Å². The summed E-state index contributed by atoms with van der Waals surface area (Å²) in [4.78, 5) is 14.0. The molecule has 0 spiro atoms. The van der Waals surface area contributed by atoms with Gasteiger partial charge in [-0.2, -0.15) is 8.78 Å². The first-order chi connectivity index (χ1) is 11.9. The molecule has 3 rings (SSSR count). The first kappa shape index (κ1) is 17.6. The average molecular weight is 349 g/mol. The fourth-order valence-corrected chi connectivity index (χ4v) is 2.98. The second-order valence-corrected chi connectivity index (χ2v) is 6.50. The first-order valence-electron chi connectivity index (χ1n) is 8.37. The number of alkyl halides is 2. The van der Waals surface area contributed by atoms with E-state index in [1.807, 2.05) is 18.2 Å². The first-order valence-corrected chi connectivity index (χ1v) is 8.37. The molecule has 1 aromatic heterocycles. The minimum absolute atomic E-state index is 0.155. The molecule has 0 N–H and O–H groups in total. The Balaban J connectivity index is 1.71. The van der Waals surface area contributed by atoms with Crippen molar-refractivity contribution >= 4 is 5.91 Å². The number of hydrogen-bond donors (Lipinski definition) is 0. The molecule has 2 heterocycles. The van der Waals surface area contributed by atoms with Crippen molar-refractivity contribution in [2.75, 3.05) is 13.1 Å². The van der Waals surface area contributed by atoms with Crippen LogP contribution in [0.4, 0.5) is 8.78 Å². The predicted octanol–water partition coefficient (Wildman–Crippen LogP) is 4.52. The Kier molecular flexibility index (Phi) is 5.18. The highest BCUT2D eigenvalue weighted by atomic mass is 19.3. The molecule has 4 nitrogen and oxygen atoms in total. The molecule has 6 heteroatoms. The second-order valence-electron chi connectivity index (χ2n) is 6.50. The average Bonchev–Trinajstić information content (AvgIpc) is 3.23. The summed E-state index contributed by atoms with van der Waals surface area (Å²) in [5, 5.41) is 0. The van der Waals surface area contributed by atoms with Gasteiger partial charge in [-0.25, -0.2) is 0 Å². The van der Waals surface area contributed by atoms with E-state index >= 15 is 0 Å². The van der Waals surface area contributed by atoms with Crippen LogP contribution in [0.5, 0.6) is 0 Å². The third-order valence-corrected chi connectivity index (χ3v) is 4.38. The molecule has 1 aromatic carbocycles. The van der Waals surface area contributed by atoms with Crippen LogP contribution in [-0.4, -0.2) is 36.6 Å². The molecule has 1 fully saturated rings. The zero-order chi connectivity index (χ0) is 18.0. The molecular weight excluding hydrogens is 328 g/mol. The van der Waals surface area contributed by atoms with E-state index < -0.39 is 12.7 Å². The molecule has 2 aromatic rings. The van der Waals surface area contributed by atoms with Crippen LogP contribution in [0.15, 0.2) is 40.8 Å². The van der Waals surface area contributed by atoms with Crippen molar-refractivity contribution in [2.24, 2.45) is 0 Å². The van der Waals surface area contributed by atoms with Crippen LogP contribution in [0.2, 0.25) is 0 Å². The molecule has 1 amide bonds. The van der Waals surface area contributed by atoms with Crippen molar-refractivity contribution in [2.45, 2.75) is 38.9 Å². The lowest BCUT2D eigenvalue weighted by atomic mass is 10.0. The molecular formula is C19H21F2NO3. The van der Waals surface area contributed by atoms with Crippen LogP contribution in [0.1, 0.15) is 42.3 Å². The predicted molar refractivity (Wildman–Crippen MR) is 89.6 cm³/mol. The van der Waals surface area contributed by atoms with Gasteiger partial charge in [0.05, 0.1) is 6.10 Å². The van der Waals surface area contributed by atoms with Crippen LogP contribution < -0.4 is 0 Å². The Hall–Kier alpha value is -2.21. The van der Waals surface area contributed by atoms with Gasteiger partial charge in [0, 0.05) is 18.7 Å². The Morgan fingerprint density at radius 2 is 2.08 bits per heavy atom. The van der Waals surface area contributed by atoms with Crippen molar-refractivity contribution in [3.63, 3.8) is 0 Å². The van der Waals surface area contributed by atoms with E-state index in [9.17, 15) is 13.6 Å². The number of likely N-dealkylation sites (tertiary alicyclic amines) is 1. The monoisotopic (exact) mass is 349 g/mol. The van der Waals surface area contributed by atoms with Crippen molar-refractivity contribution in [3.8, 4) is 11.3 Å². The molecule has 134 valence electrons. The van der Waals surface area contributed by atoms with Gasteiger partial charge in [-0.3, -0.25) is 4.79 Å². The Bertz CT molecular complexity index is 742. The summed E-state index contributed by atoms with van der Waals surface area (Å²) in [6.07, 6.45) is -0.221. The molecule has 0 radical (unpaired) electrons. The molecule has 0 unspecified atom stereocenters. The van der Waals surface area contributed by atoms with Crippen LogP contribution >= 0.6 is 0 Å². The number of halogens is 2. The highest BCUT2D eigenvalue weighted by Gasteiger charge is 2.30. The van der Waals surface area contributed by atoms with Gasteiger partial charge < -0.3 is 14.1 Å². The van der Waals surface area contributed by atoms with Crippen molar-refractivity contribution < 1.29 is 22.7 Å². The van der Waals surface area contributed by atoms with Crippen molar-refractivity contribution in [1.29, 1.82) is 0 Å². The summed E-state index contributed by atoms with van der Waals surface area (Å²) < 4.78 is 34.7. The standard InChI is InChI=1S/C19H21F2NO3/c1-12(2)13-4-3-5-14(10-13)16-6-7-17(25-16)18(23)22-9-8-15(11-22)24-19(20)21/h3-7,10,12,15,19H,8-9,11H2,1-2H3/t15-/m0/s1. The minimum Gasteiger partial charge on any atom is -0.451 e. The van der Waals surface area contributed by atoms with Gasteiger partial charge in [-0.15, -0.1) is 0 Å². The zero-order valence-corrected chi connectivity index (χ0v) is 14.2. The fraction of sp³-hybridized carbons (Fsp3) is 0.421. The number of carbonyl (C=O) groups is 1. The van der Waals surface area contributed by atoms with E-state index in [1.54, 1.807) is 12.1 Å². The summed E-state index contributed by atoms with van der Waals surface area (Å²) >= 11 is 0. The lowest BCUT2D eigenvalue weighted by Gasteiger charge is -2.15. The summed E-state index contributed by atoms with van der Waals surface area (Å²) in [5.74, 6) is 0.923. The number of benzene rings is 1. The molecule has 0 saturated carbocycles. The number of ether oxygens (including phenoxy) is 1. The van der Waals surface area contributed by atoms with Gasteiger partial charge in [0.1, 0.15) is 5.76 Å². The Morgan fingerprint density at radius 3 is 2.80 bits per heavy atom. The van der Waals surface area contributed by atoms with E-state index in [1.165, 1.54) is 10.5 Å². The maximum atomic E-state index is 12.5. The molecule has 1 aliphatic heterocycles. The minimum atomic E-state index is -2.82. The number of rotatable bonds is 5. The van der Waals surface area contributed by atoms with Gasteiger partial charge >= 0.3 is 6.61 Å². The lowest BCUT2D eigenvalue weighted by Crippen LogP contribution is -2.30. The third-order valence-electron chi connectivity index (χ3n) is 4.38. The lowest BCUT2D eigenvalue weighted by molar-refractivity contribution is -0.158. The van der Waals surface area contributed by atoms with Gasteiger partial charge in [-0.1, -0.05) is 32.0 Å². The molecule has 1 aliphatic rings. The summed E-state index contributed by atoms with van der Waals surface area (Å²) in [7, 11) is 0. The fourth-order valence-electron chi connectivity index (χ4n) is 2.98. The van der Waals surface area contributed by atoms with Crippen LogP contribution in [0.3, 0.4) is 0 Å².